The summed E-state index contributed by atoms with van der Waals surface area (Å²) in [6.07, 6.45) is 3.77. The van der Waals surface area contributed by atoms with E-state index in [1.807, 2.05) is 0 Å². The van der Waals surface area contributed by atoms with Crippen LogP contribution in [0.2, 0.25) is 0 Å². The summed E-state index contributed by atoms with van der Waals surface area (Å²) in [6, 6.07) is 7.60. The van der Waals surface area contributed by atoms with E-state index in [2.05, 4.69) is 43.9 Å². The van der Waals surface area contributed by atoms with Gasteiger partial charge in [0.05, 0.1) is 0 Å². The lowest BCUT2D eigenvalue weighted by atomic mass is 10.1. The molecule has 19 heavy (non-hydrogen) atoms. The van der Waals surface area contributed by atoms with E-state index in [1.165, 1.54) is 41.7 Å². The monoisotopic (exact) mass is 323 g/mol. The number of hydrogen-bond donors (Lipinski definition) is 1. The highest BCUT2D eigenvalue weighted by molar-refractivity contribution is 9.10. The number of anilines is 1. The van der Waals surface area contributed by atoms with Crippen LogP contribution < -0.4 is 10.6 Å². The van der Waals surface area contributed by atoms with Gasteiger partial charge in [0.15, 0.2) is 0 Å². The first kappa shape index (κ1) is 13.4. The van der Waals surface area contributed by atoms with E-state index in [4.69, 9.17) is 5.73 Å². The molecule has 0 aromatic heterocycles. The number of nitrogens with two attached hydrogens (primary N) is 1. The van der Waals surface area contributed by atoms with Crippen molar-refractivity contribution >= 4 is 21.6 Å². The number of piperazine rings is 1. The summed E-state index contributed by atoms with van der Waals surface area (Å²) in [7, 11) is 0. The molecule has 1 aromatic rings. The molecule has 1 aliphatic carbocycles. The second-order valence-corrected chi connectivity index (χ2v) is 6.42. The molecule has 1 saturated heterocycles. The van der Waals surface area contributed by atoms with Crippen LogP contribution >= 0.6 is 15.9 Å². The predicted molar refractivity (Wildman–Crippen MR) is 83.7 cm³/mol. The quantitative estimate of drug-likeness (QED) is 0.922. The highest BCUT2D eigenvalue weighted by Crippen LogP contribution is 2.29. The molecule has 3 rings (SSSR count). The van der Waals surface area contributed by atoms with Gasteiger partial charge < -0.3 is 10.6 Å². The lowest BCUT2D eigenvalue weighted by Gasteiger charge is -2.36. The van der Waals surface area contributed by atoms with Crippen LogP contribution in [0.15, 0.2) is 22.7 Å². The molecular formula is C15H22BrN3. The van der Waals surface area contributed by atoms with E-state index in [0.717, 1.165) is 25.6 Å². The first-order valence-corrected chi connectivity index (χ1v) is 8.05. The van der Waals surface area contributed by atoms with Gasteiger partial charge in [-0.2, -0.15) is 0 Å². The Morgan fingerprint density at radius 2 is 1.89 bits per heavy atom. The van der Waals surface area contributed by atoms with Crippen LogP contribution in [0, 0.1) is 0 Å². The molecule has 0 radical (unpaired) electrons. The molecule has 0 bridgehead atoms. The van der Waals surface area contributed by atoms with E-state index in [-0.39, 0.29) is 0 Å². The fourth-order valence-electron chi connectivity index (χ4n) is 2.88. The highest BCUT2D eigenvalue weighted by Gasteiger charge is 2.31. The first-order valence-electron chi connectivity index (χ1n) is 7.25. The smallest absolute Gasteiger partial charge is 0.0378 e. The number of rotatable bonds is 4. The summed E-state index contributed by atoms with van der Waals surface area (Å²) < 4.78 is 1.19. The van der Waals surface area contributed by atoms with Crippen molar-refractivity contribution < 1.29 is 0 Å². The summed E-state index contributed by atoms with van der Waals surface area (Å²) in [5.41, 5.74) is 8.27. The van der Waals surface area contributed by atoms with Crippen LogP contribution in [0.1, 0.15) is 18.4 Å². The van der Waals surface area contributed by atoms with E-state index in [0.29, 0.717) is 6.54 Å². The van der Waals surface area contributed by atoms with Crippen LogP contribution in [-0.4, -0.2) is 43.7 Å². The van der Waals surface area contributed by atoms with Crippen LogP contribution in [0.4, 0.5) is 5.69 Å². The molecule has 1 aliphatic heterocycles. The molecule has 2 fully saturated rings. The Balaban J connectivity index is 1.64. The van der Waals surface area contributed by atoms with Crippen LogP contribution in [0.3, 0.4) is 0 Å². The zero-order chi connectivity index (χ0) is 13.2. The minimum atomic E-state index is 0.706. The van der Waals surface area contributed by atoms with Crippen molar-refractivity contribution in [1.29, 1.82) is 0 Å². The topological polar surface area (TPSA) is 32.5 Å². The SMILES string of the molecule is NCCc1ccc(N2CCN(C3CC3)CC2)cc1Br. The second kappa shape index (κ2) is 5.81. The Morgan fingerprint density at radius 1 is 1.16 bits per heavy atom. The summed E-state index contributed by atoms with van der Waals surface area (Å²) >= 11 is 3.67. The summed E-state index contributed by atoms with van der Waals surface area (Å²) in [5, 5.41) is 0. The maximum atomic E-state index is 5.62. The maximum absolute atomic E-state index is 5.62. The zero-order valence-corrected chi connectivity index (χ0v) is 12.9. The van der Waals surface area contributed by atoms with Crippen LogP contribution in [0.25, 0.3) is 0 Å². The van der Waals surface area contributed by atoms with Gasteiger partial charge in [0, 0.05) is 42.4 Å². The second-order valence-electron chi connectivity index (χ2n) is 5.57. The molecule has 1 saturated carbocycles. The van der Waals surface area contributed by atoms with Crippen LogP contribution in [0.5, 0.6) is 0 Å². The Kier molecular flexibility index (Phi) is 4.10. The molecule has 1 aromatic carbocycles. The van der Waals surface area contributed by atoms with Gasteiger partial charge in [-0.05, 0) is 43.5 Å². The van der Waals surface area contributed by atoms with E-state index in [9.17, 15) is 0 Å². The molecule has 4 heteroatoms. The van der Waals surface area contributed by atoms with Crippen molar-refractivity contribution in [2.24, 2.45) is 5.73 Å². The maximum Gasteiger partial charge on any atom is 0.0378 e. The summed E-state index contributed by atoms with van der Waals surface area (Å²) in [6.45, 7) is 5.44. The van der Waals surface area contributed by atoms with Gasteiger partial charge in [-0.1, -0.05) is 22.0 Å². The number of nitrogens with zero attached hydrogens (tertiary/aromatic N) is 2. The summed E-state index contributed by atoms with van der Waals surface area (Å²) in [4.78, 5) is 5.14. The molecule has 104 valence electrons. The number of halogens is 1. The average Bonchev–Trinajstić information content (AvgIpc) is 3.26. The van der Waals surface area contributed by atoms with Gasteiger partial charge in [0.1, 0.15) is 0 Å². The van der Waals surface area contributed by atoms with Gasteiger partial charge in [-0.25, -0.2) is 0 Å². The Labute approximate surface area is 123 Å². The third-order valence-electron chi connectivity index (χ3n) is 4.19. The predicted octanol–water partition coefficient (Wildman–Crippen LogP) is 2.23. The molecule has 3 nitrogen and oxygen atoms in total. The molecule has 2 aliphatic rings. The van der Waals surface area contributed by atoms with Crippen molar-refractivity contribution in [3.8, 4) is 0 Å². The van der Waals surface area contributed by atoms with Crippen molar-refractivity contribution in [1.82, 2.24) is 4.90 Å². The minimum Gasteiger partial charge on any atom is -0.369 e. The van der Waals surface area contributed by atoms with Crippen molar-refractivity contribution in [3.05, 3.63) is 28.2 Å². The molecule has 0 spiro atoms. The Bertz CT molecular complexity index is 437. The molecular weight excluding hydrogens is 302 g/mol. The average molecular weight is 324 g/mol. The van der Waals surface area contributed by atoms with Gasteiger partial charge in [0.2, 0.25) is 0 Å². The van der Waals surface area contributed by atoms with E-state index >= 15 is 0 Å². The molecule has 2 N–H and O–H groups in total. The standard InChI is InChI=1S/C15H22BrN3/c16-15-11-14(2-1-12(15)5-6-17)19-9-7-18(8-10-19)13-3-4-13/h1-2,11,13H,3-10,17H2. The van der Waals surface area contributed by atoms with Gasteiger partial charge in [-0.3, -0.25) is 4.90 Å². The first-order chi connectivity index (χ1) is 9.28. The number of benzene rings is 1. The van der Waals surface area contributed by atoms with Gasteiger partial charge >= 0.3 is 0 Å². The van der Waals surface area contributed by atoms with Crippen LogP contribution in [-0.2, 0) is 6.42 Å². The van der Waals surface area contributed by atoms with Gasteiger partial charge in [0.25, 0.3) is 0 Å². The molecule has 0 amide bonds. The van der Waals surface area contributed by atoms with Crippen molar-refractivity contribution in [2.75, 3.05) is 37.6 Å². The number of hydrogen-bond acceptors (Lipinski definition) is 3. The summed E-state index contributed by atoms with van der Waals surface area (Å²) in [5.74, 6) is 0. The lowest BCUT2D eigenvalue weighted by molar-refractivity contribution is 0.248. The third-order valence-corrected chi connectivity index (χ3v) is 4.93. The lowest BCUT2D eigenvalue weighted by Crippen LogP contribution is -2.47. The van der Waals surface area contributed by atoms with Crippen molar-refractivity contribution in [3.63, 3.8) is 0 Å². The van der Waals surface area contributed by atoms with Crippen molar-refractivity contribution in [2.45, 2.75) is 25.3 Å². The highest BCUT2D eigenvalue weighted by atomic mass is 79.9. The van der Waals surface area contributed by atoms with E-state index in [1.54, 1.807) is 0 Å². The fourth-order valence-corrected chi connectivity index (χ4v) is 3.44. The molecule has 1 heterocycles. The Hall–Kier alpha value is -0.580. The normalized spacial score (nSPS) is 20.8. The molecule has 0 unspecified atom stereocenters. The fraction of sp³-hybridized carbons (Fsp3) is 0.600. The van der Waals surface area contributed by atoms with E-state index < -0.39 is 0 Å². The van der Waals surface area contributed by atoms with Gasteiger partial charge in [-0.15, -0.1) is 0 Å². The third kappa shape index (κ3) is 3.12. The minimum absolute atomic E-state index is 0.706. The Morgan fingerprint density at radius 3 is 2.47 bits per heavy atom. The zero-order valence-electron chi connectivity index (χ0n) is 11.3. The molecule has 0 atom stereocenters. The largest absolute Gasteiger partial charge is 0.369 e.